The third-order valence-corrected chi connectivity index (χ3v) is 2.79. The van der Waals surface area contributed by atoms with Crippen molar-refractivity contribution >= 4 is 0 Å². The highest BCUT2D eigenvalue weighted by Gasteiger charge is 2.10. The Morgan fingerprint density at radius 3 is 2.71 bits per heavy atom. The van der Waals surface area contributed by atoms with E-state index >= 15 is 0 Å². The average Bonchev–Trinajstić information content (AvgIpc) is 2.18. The molecule has 0 aromatic heterocycles. The zero-order valence-electron chi connectivity index (χ0n) is 9.38. The zero-order chi connectivity index (χ0) is 10.6. The summed E-state index contributed by atoms with van der Waals surface area (Å²) in [4.78, 5) is 0. The Morgan fingerprint density at radius 2 is 2.07 bits per heavy atom. The van der Waals surface area contributed by atoms with E-state index in [1.807, 2.05) is 25.1 Å². The van der Waals surface area contributed by atoms with Gasteiger partial charge in [0.05, 0.1) is 0 Å². The number of phenols is 1. The molecule has 0 amide bonds. The van der Waals surface area contributed by atoms with Crippen LogP contribution in [0.15, 0.2) is 18.2 Å². The summed E-state index contributed by atoms with van der Waals surface area (Å²) >= 11 is 0. The van der Waals surface area contributed by atoms with Gasteiger partial charge in [0.25, 0.3) is 0 Å². The van der Waals surface area contributed by atoms with Crippen LogP contribution in [0.25, 0.3) is 0 Å². The molecule has 1 nitrogen and oxygen atoms in total. The fourth-order valence-corrected chi connectivity index (χ4v) is 1.75. The lowest BCUT2D eigenvalue weighted by Gasteiger charge is -2.14. The number of para-hydroxylation sites is 1. The van der Waals surface area contributed by atoms with Gasteiger partial charge in [0.1, 0.15) is 5.75 Å². The number of phenolic OH excluding ortho intramolecular Hbond substituents is 1. The molecule has 1 aromatic carbocycles. The van der Waals surface area contributed by atoms with Crippen LogP contribution < -0.4 is 0 Å². The van der Waals surface area contributed by atoms with Gasteiger partial charge in [-0.3, -0.25) is 0 Å². The van der Waals surface area contributed by atoms with Crippen LogP contribution in [0.5, 0.6) is 5.75 Å². The molecule has 0 aliphatic carbocycles. The van der Waals surface area contributed by atoms with Crippen molar-refractivity contribution in [1.82, 2.24) is 0 Å². The first kappa shape index (κ1) is 11.1. The maximum absolute atomic E-state index is 9.87. The van der Waals surface area contributed by atoms with E-state index in [1.165, 1.54) is 12.8 Å². The smallest absolute Gasteiger partial charge is 0.121 e. The molecule has 1 aromatic rings. The Morgan fingerprint density at radius 1 is 1.36 bits per heavy atom. The van der Waals surface area contributed by atoms with Crippen molar-refractivity contribution in [1.29, 1.82) is 0 Å². The molecular formula is C13H20O. The minimum absolute atomic E-state index is 0.467. The van der Waals surface area contributed by atoms with E-state index < -0.39 is 0 Å². The molecule has 1 unspecified atom stereocenters. The second-order valence-electron chi connectivity index (χ2n) is 4.06. The topological polar surface area (TPSA) is 20.2 Å². The Kier molecular flexibility index (Phi) is 3.99. The standard InChI is InChI=1S/C13H20O/c1-4-5-7-10(2)12-9-6-8-11(3)13(12)14/h6,8-10,14H,4-5,7H2,1-3H3. The highest BCUT2D eigenvalue weighted by atomic mass is 16.3. The molecule has 1 atom stereocenters. The normalized spacial score (nSPS) is 12.8. The van der Waals surface area contributed by atoms with Gasteiger partial charge in [-0.2, -0.15) is 0 Å². The second-order valence-corrected chi connectivity index (χ2v) is 4.06. The van der Waals surface area contributed by atoms with Gasteiger partial charge in [-0.05, 0) is 30.4 Å². The maximum Gasteiger partial charge on any atom is 0.121 e. The molecule has 1 heteroatoms. The van der Waals surface area contributed by atoms with E-state index in [9.17, 15) is 5.11 Å². The lowest BCUT2D eigenvalue weighted by molar-refractivity contribution is 0.455. The number of aryl methyl sites for hydroxylation is 1. The van der Waals surface area contributed by atoms with Crippen LogP contribution in [-0.4, -0.2) is 5.11 Å². The molecule has 78 valence electrons. The van der Waals surface area contributed by atoms with Crippen molar-refractivity contribution in [2.24, 2.45) is 0 Å². The summed E-state index contributed by atoms with van der Waals surface area (Å²) in [5.74, 6) is 0.950. The third-order valence-electron chi connectivity index (χ3n) is 2.79. The minimum atomic E-state index is 0.467. The zero-order valence-corrected chi connectivity index (χ0v) is 9.38. The van der Waals surface area contributed by atoms with E-state index in [0.717, 1.165) is 17.5 Å². The molecule has 0 saturated heterocycles. The van der Waals surface area contributed by atoms with Crippen LogP contribution in [0.1, 0.15) is 50.2 Å². The van der Waals surface area contributed by atoms with Crippen molar-refractivity contribution in [3.63, 3.8) is 0 Å². The van der Waals surface area contributed by atoms with Crippen molar-refractivity contribution in [2.45, 2.75) is 46.0 Å². The van der Waals surface area contributed by atoms with Crippen LogP contribution >= 0.6 is 0 Å². The first-order valence-electron chi connectivity index (χ1n) is 5.45. The van der Waals surface area contributed by atoms with Crippen LogP contribution in [0.3, 0.4) is 0 Å². The highest BCUT2D eigenvalue weighted by molar-refractivity contribution is 5.41. The number of aromatic hydroxyl groups is 1. The molecule has 0 aliphatic heterocycles. The first-order valence-corrected chi connectivity index (χ1v) is 5.45. The lowest BCUT2D eigenvalue weighted by atomic mass is 9.93. The molecule has 0 saturated carbocycles. The van der Waals surface area contributed by atoms with E-state index in [2.05, 4.69) is 13.8 Å². The summed E-state index contributed by atoms with van der Waals surface area (Å²) in [5, 5.41) is 9.87. The first-order chi connectivity index (χ1) is 6.66. The second kappa shape index (κ2) is 5.04. The predicted octanol–water partition coefficient (Wildman–Crippen LogP) is 3.99. The Labute approximate surface area is 86.8 Å². The Bertz CT molecular complexity index is 291. The number of hydrogen-bond acceptors (Lipinski definition) is 1. The summed E-state index contributed by atoms with van der Waals surface area (Å²) in [7, 11) is 0. The molecular weight excluding hydrogens is 172 g/mol. The summed E-state index contributed by atoms with van der Waals surface area (Å²) in [6, 6.07) is 6.00. The number of benzene rings is 1. The SMILES string of the molecule is CCCCC(C)c1cccc(C)c1O. The average molecular weight is 192 g/mol. The molecule has 1 rings (SSSR count). The summed E-state index contributed by atoms with van der Waals surface area (Å²) in [5.41, 5.74) is 2.07. The van der Waals surface area contributed by atoms with Gasteiger partial charge in [-0.1, -0.05) is 44.9 Å². The van der Waals surface area contributed by atoms with Gasteiger partial charge in [-0.25, -0.2) is 0 Å². The summed E-state index contributed by atoms with van der Waals surface area (Å²) in [6.45, 7) is 6.33. The van der Waals surface area contributed by atoms with Crippen molar-refractivity contribution < 1.29 is 5.11 Å². The van der Waals surface area contributed by atoms with Gasteiger partial charge >= 0.3 is 0 Å². The van der Waals surface area contributed by atoms with Gasteiger partial charge in [0.2, 0.25) is 0 Å². The van der Waals surface area contributed by atoms with Gasteiger partial charge in [-0.15, -0.1) is 0 Å². The molecule has 0 bridgehead atoms. The van der Waals surface area contributed by atoms with Crippen LogP contribution in [0.2, 0.25) is 0 Å². The number of rotatable bonds is 4. The third kappa shape index (κ3) is 2.50. The Hall–Kier alpha value is -0.980. The van der Waals surface area contributed by atoms with Crippen LogP contribution in [-0.2, 0) is 0 Å². The number of hydrogen-bond donors (Lipinski definition) is 1. The molecule has 0 spiro atoms. The summed E-state index contributed by atoms with van der Waals surface area (Å²) in [6.07, 6.45) is 3.61. The van der Waals surface area contributed by atoms with Crippen molar-refractivity contribution in [3.8, 4) is 5.75 Å². The predicted molar refractivity (Wildman–Crippen MR) is 60.8 cm³/mol. The fraction of sp³-hybridized carbons (Fsp3) is 0.538. The van der Waals surface area contributed by atoms with Gasteiger partial charge < -0.3 is 5.11 Å². The lowest BCUT2D eigenvalue weighted by Crippen LogP contribution is -1.95. The highest BCUT2D eigenvalue weighted by Crippen LogP contribution is 2.31. The molecule has 1 N–H and O–H groups in total. The molecule has 0 heterocycles. The van der Waals surface area contributed by atoms with Gasteiger partial charge in [0, 0.05) is 0 Å². The van der Waals surface area contributed by atoms with Crippen molar-refractivity contribution in [3.05, 3.63) is 29.3 Å². The van der Waals surface area contributed by atoms with E-state index in [0.29, 0.717) is 11.7 Å². The minimum Gasteiger partial charge on any atom is -0.507 e. The monoisotopic (exact) mass is 192 g/mol. The summed E-state index contributed by atoms with van der Waals surface area (Å²) < 4.78 is 0. The molecule has 14 heavy (non-hydrogen) atoms. The van der Waals surface area contributed by atoms with E-state index in [1.54, 1.807) is 0 Å². The maximum atomic E-state index is 9.87. The van der Waals surface area contributed by atoms with Gasteiger partial charge in [0.15, 0.2) is 0 Å². The fourth-order valence-electron chi connectivity index (χ4n) is 1.75. The van der Waals surface area contributed by atoms with E-state index in [4.69, 9.17) is 0 Å². The van der Waals surface area contributed by atoms with E-state index in [-0.39, 0.29) is 0 Å². The van der Waals surface area contributed by atoms with Crippen LogP contribution in [0, 0.1) is 6.92 Å². The largest absolute Gasteiger partial charge is 0.507 e. The molecule has 0 radical (unpaired) electrons. The van der Waals surface area contributed by atoms with Crippen molar-refractivity contribution in [2.75, 3.05) is 0 Å². The Balaban J connectivity index is 2.79. The quantitative estimate of drug-likeness (QED) is 0.764. The van der Waals surface area contributed by atoms with Crippen LogP contribution in [0.4, 0.5) is 0 Å². The molecule has 0 aliphatic rings. The molecule has 0 fully saturated rings. The number of unbranched alkanes of at least 4 members (excludes halogenated alkanes) is 1.